The molecule has 1 aliphatic heterocycles. The molecule has 0 aromatic heterocycles. The molecule has 2 N–H and O–H groups in total. The van der Waals surface area contributed by atoms with Crippen molar-refractivity contribution in [2.45, 2.75) is 25.8 Å². The summed E-state index contributed by atoms with van der Waals surface area (Å²) in [5.74, 6) is 0.957. The second-order valence-electron chi connectivity index (χ2n) is 4.65. The third-order valence-electron chi connectivity index (χ3n) is 3.18. The van der Waals surface area contributed by atoms with Gasteiger partial charge in [0, 0.05) is 19.1 Å². The van der Waals surface area contributed by atoms with Crippen LogP contribution in [0.4, 0.5) is 0 Å². The summed E-state index contributed by atoms with van der Waals surface area (Å²) in [5.41, 5.74) is 6.49. The summed E-state index contributed by atoms with van der Waals surface area (Å²) in [6.07, 6.45) is 2.69. The van der Waals surface area contributed by atoms with Gasteiger partial charge in [-0.05, 0) is 38.1 Å². The van der Waals surface area contributed by atoms with Crippen LogP contribution >= 0.6 is 0 Å². The van der Waals surface area contributed by atoms with Crippen molar-refractivity contribution in [3.8, 4) is 0 Å². The van der Waals surface area contributed by atoms with Gasteiger partial charge in [0.2, 0.25) is 0 Å². The van der Waals surface area contributed by atoms with E-state index in [1.54, 1.807) is 0 Å². The Kier molecular flexibility index (Phi) is 1.52. The van der Waals surface area contributed by atoms with Gasteiger partial charge >= 0.3 is 0 Å². The minimum atomic E-state index is 0.408. The van der Waals surface area contributed by atoms with Crippen molar-refractivity contribution in [2.75, 3.05) is 20.1 Å². The fourth-order valence-corrected chi connectivity index (χ4v) is 2.63. The average molecular weight is 154 g/mol. The maximum atomic E-state index is 5.75. The van der Waals surface area contributed by atoms with Gasteiger partial charge in [0.05, 0.1) is 0 Å². The topological polar surface area (TPSA) is 29.3 Å². The molecule has 64 valence electrons. The Bertz CT molecular complexity index is 159. The summed E-state index contributed by atoms with van der Waals surface area (Å²) < 4.78 is 0. The monoisotopic (exact) mass is 154 g/mol. The van der Waals surface area contributed by atoms with E-state index in [0.29, 0.717) is 6.04 Å². The Morgan fingerprint density at radius 2 is 2.27 bits per heavy atom. The Hall–Kier alpha value is -0.0800. The first-order valence-corrected chi connectivity index (χ1v) is 4.56. The van der Waals surface area contributed by atoms with Gasteiger partial charge in [0.1, 0.15) is 0 Å². The van der Waals surface area contributed by atoms with Gasteiger partial charge in [0.15, 0.2) is 0 Å². The predicted molar refractivity (Wildman–Crippen MR) is 46.3 cm³/mol. The van der Waals surface area contributed by atoms with Crippen LogP contribution in [0.2, 0.25) is 0 Å². The van der Waals surface area contributed by atoms with E-state index in [9.17, 15) is 0 Å². The van der Waals surface area contributed by atoms with E-state index >= 15 is 0 Å². The lowest BCUT2D eigenvalue weighted by molar-refractivity contribution is 0.0968. The summed E-state index contributed by atoms with van der Waals surface area (Å²) in [4.78, 5) is 2.40. The third-order valence-corrected chi connectivity index (χ3v) is 3.18. The van der Waals surface area contributed by atoms with Crippen molar-refractivity contribution in [3.63, 3.8) is 0 Å². The van der Waals surface area contributed by atoms with E-state index in [1.165, 1.54) is 25.9 Å². The summed E-state index contributed by atoms with van der Waals surface area (Å²) >= 11 is 0. The normalized spacial score (nSPS) is 36.8. The number of hydrogen-bond acceptors (Lipinski definition) is 2. The van der Waals surface area contributed by atoms with Crippen molar-refractivity contribution in [1.29, 1.82) is 0 Å². The van der Waals surface area contributed by atoms with Crippen LogP contribution < -0.4 is 5.73 Å². The highest BCUT2D eigenvalue weighted by Gasteiger charge is 2.59. The predicted octanol–water partition coefficient (Wildman–Crippen LogP) is 0.675. The summed E-state index contributed by atoms with van der Waals surface area (Å²) in [5, 5.41) is 0. The van der Waals surface area contributed by atoms with Crippen molar-refractivity contribution < 1.29 is 0 Å². The molecule has 1 spiro atoms. The van der Waals surface area contributed by atoms with Crippen molar-refractivity contribution >= 4 is 0 Å². The molecule has 2 heteroatoms. The molecule has 0 aromatic rings. The molecule has 0 bridgehead atoms. The Morgan fingerprint density at radius 1 is 1.64 bits per heavy atom. The second-order valence-corrected chi connectivity index (χ2v) is 4.65. The van der Waals surface area contributed by atoms with E-state index in [-0.39, 0.29) is 0 Å². The van der Waals surface area contributed by atoms with Gasteiger partial charge in [-0.25, -0.2) is 0 Å². The highest BCUT2D eigenvalue weighted by atomic mass is 15.2. The zero-order valence-electron chi connectivity index (χ0n) is 7.51. The number of likely N-dealkylation sites (tertiary alicyclic amines) is 1. The minimum absolute atomic E-state index is 0.408. The van der Waals surface area contributed by atoms with Crippen LogP contribution in [0.5, 0.6) is 0 Å². The SMILES string of the molecule is CC(N)CC1CC12CN(C)C2. The zero-order valence-corrected chi connectivity index (χ0v) is 7.51. The van der Waals surface area contributed by atoms with Gasteiger partial charge < -0.3 is 10.6 Å². The number of nitrogens with zero attached hydrogens (tertiary/aromatic N) is 1. The van der Waals surface area contributed by atoms with Crippen LogP contribution in [-0.4, -0.2) is 31.1 Å². The van der Waals surface area contributed by atoms with Crippen LogP contribution in [0.15, 0.2) is 0 Å². The summed E-state index contributed by atoms with van der Waals surface area (Å²) in [7, 11) is 2.20. The molecule has 2 unspecified atom stereocenters. The van der Waals surface area contributed by atoms with E-state index in [4.69, 9.17) is 5.73 Å². The fraction of sp³-hybridized carbons (Fsp3) is 1.00. The molecule has 2 aliphatic rings. The molecule has 11 heavy (non-hydrogen) atoms. The molecule has 0 aromatic carbocycles. The molecule has 1 saturated carbocycles. The minimum Gasteiger partial charge on any atom is -0.328 e. The van der Waals surface area contributed by atoms with Crippen molar-refractivity contribution in [2.24, 2.45) is 17.1 Å². The summed E-state index contributed by atoms with van der Waals surface area (Å²) in [6, 6.07) is 0.408. The van der Waals surface area contributed by atoms with Crippen molar-refractivity contribution in [3.05, 3.63) is 0 Å². The molecule has 2 atom stereocenters. The second kappa shape index (κ2) is 2.20. The van der Waals surface area contributed by atoms with Crippen molar-refractivity contribution in [1.82, 2.24) is 4.90 Å². The van der Waals surface area contributed by atoms with Crippen LogP contribution in [0.3, 0.4) is 0 Å². The molecule has 1 saturated heterocycles. The molecule has 0 amide bonds. The lowest BCUT2D eigenvalue weighted by atomic mass is 9.92. The van der Waals surface area contributed by atoms with E-state index in [1.807, 2.05) is 0 Å². The Labute approximate surface area is 68.7 Å². The highest BCUT2D eigenvalue weighted by Crippen LogP contribution is 2.59. The van der Waals surface area contributed by atoms with Crippen LogP contribution in [0, 0.1) is 11.3 Å². The number of hydrogen-bond donors (Lipinski definition) is 1. The van der Waals surface area contributed by atoms with Crippen LogP contribution in [0.1, 0.15) is 19.8 Å². The fourth-order valence-electron chi connectivity index (χ4n) is 2.63. The number of rotatable bonds is 2. The quantitative estimate of drug-likeness (QED) is 0.633. The molecule has 2 rings (SSSR count). The van der Waals surface area contributed by atoms with Gasteiger partial charge in [-0.1, -0.05) is 0 Å². The van der Waals surface area contributed by atoms with E-state index in [2.05, 4.69) is 18.9 Å². The standard InChI is InChI=1S/C9H18N2/c1-7(10)3-8-4-9(8)5-11(2)6-9/h7-8H,3-6,10H2,1-2H3. The van der Waals surface area contributed by atoms with Crippen LogP contribution in [-0.2, 0) is 0 Å². The van der Waals surface area contributed by atoms with E-state index < -0.39 is 0 Å². The maximum absolute atomic E-state index is 5.75. The lowest BCUT2D eigenvalue weighted by Crippen LogP contribution is -2.47. The zero-order chi connectivity index (χ0) is 8.06. The average Bonchev–Trinajstić information content (AvgIpc) is 2.39. The van der Waals surface area contributed by atoms with E-state index in [0.717, 1.165) is 11.3 Å². The highest BCUT2D eigenvalue weighted by molar-refractivity contribution is 5.11. The van der Waals surface area contributed by atoms with Crippen LogP contribution in [0.25, 0.3) is 0 Å². The molecule has 2 fully saturated rings. The maximum Gasteiger partial charge on any atom is 0.00502 e. The Balaban J connectivity index is 1.78. The van der Waals surface area contributed by atoms with Gasteiger partial charge in [-0.15, -0.1) is 0 Å². The Morgan fingerprint density at radius 3 is 2.73 bits per heavy atom. The summed E-state index contributed by atoms with van der Waals surface area (Å²) in [6.45, 7) is 4.77. The smallest absolute Gasteiger partial charge is 0.00502 e. The first kappa shape index (κ1) is 7.56. The molecule has 2 nitrogen and oxygen atoms in total. The van der Waals surface area contributed by atoms with Gasteiger partial charge in [0.25, 0.3) is 0 Å². The molecule has 1 aliphatic carbocycles. The molecule has 0 radical (unpaired) electrons. The molecule has 1 heterocycles. The largest absolute Gasteiger partial charge is 0.328 e. The first-order chi connectivity index (χ1) is 5.12. The van der Waals surface area contributed by atoms with Gasteiger partial charge in [-0.3, -0.25) is 0 Å². The van der Waals surface area contributed by atoms with Gasteiger partial charge in [-0.2, -0.15) is 0 Å². The number of nitrogens with two attached hydrogens (primary N) is 1. The lowest BCUT2D eigenvalue weighted by Gasteiger charge is -2.38. The first-order valence-electron chi connectivity index (χ1n) is 4.56. The molecular weight excluding hydrogens is 136 g/mol. The third kappa shape index (κ3) is 1.18. The molecular formula is C9H18N2.